The van der Waals surface area contributed by atoms with Crippen molar-refractivity contribution in [2.24, 2.45) is 5.92 Å². The smallest absolute Gasteiger partial charge is 0.393 e. The molecule has 0 bridgehead atoms. The molecule has 6 heteroatoms. The van der Waals surface area contributed by atoms with Gasteiger partial charge in [0.25, 0.3) is 0 Å². The van der Waals surface area contributed by atoms with Gasteiger partial charge in [0, 0.05) is 18.8 Å². The SMILES string of the molecule is Nc1cc(F)ccc1CN1CCCC(C(F)(F)F)C1. The van der Waals surface area contributed by atoms with Crippen LogP contribution in [0.25, 0.3) is 0 Å². The Morgan fingerprint density at radius 2 is 2.05 bits per heavy atom. The van der Waals surface area contributed by atoms with Gasteiger partial charge in [0.2, 0.25) is 0 Å². The minimum atomic E-state index is -4.15. The van der Waals surface area contributed by atoms with Gasteiger partial charge >= 0.3 is 6.18 Å². The molecule has 0 radical (unpaired) electrons. The number of nitrogens with zero attached hydrogens (tertiary/aromatic N) is 1. The molecule has 1 unspecified atom stereocenters. The van der Waals surface area contributed by atoms with Crippen LogP contribution in [0, 0.1) is 11.7 Å². The summed E-state index contributed by atoms with van der Waals surface area (Å²) in [4.78, 5) is 1.73. The molecule has 1 aliphatic heterocycles. The molecule has 106 valence electrons. The lowest BCUT2D eigenvalue weighted by Gasteiger charge is -2.33. The fourth-order valence-electron chi connectivity index (χ4n) is 2.42. The van der Waals surface area contributed by atoms with Gasteiger partial charge in [0.05, 0.1) is 5.92 Å². The minimum absolute atomic E-state index is 0.0136. The number of rotatable bonds is 2. The van der Waals surface area contributed by atoms with Crippen molar-refractivity contribution in [1.29, 1.82) is 0 Å². The number of alkyl halides is 3. The van der Waals surface area contributed by atoms with Crippen LogP contribution in [0.2, 0.25) is 0 Å². The first kappa shape index (κ1) is 14.1. The Kier molecular flexibility index (Phi) is 3.99. The van der Waals surface area contributed by atoms with Gasteiger partial charge in [0.1, 0.15) is 5.82 Å². The lowest BCUT2D eigenvalue weighted by atomic mass is 9.97. The molecule has 2 N–H and O–H groups in total. The quantitative estimate of drug-likeness (QED) is 0.664. The second kappa shape index (κ2) is 5.36. The third-order valence-electron chi connectivity index (χ3n) is 3.47. The van der Waals surface area contributed by atoms with Crippen LogP contribution >= 0.6 is 0 Å². The normalized spacial score (nSPS) is 21.6. The van der Waals surface area contributed by atoms with Crippen molar-refractivity contribution in [2.75, 3.05) is 18.8 Å². The molecule has 0 amide bonds. The molecule has 1 aliphatic rings. The molecular weight excluding hydrogens is 260 g/mol. The highest BCUT2D eigenvalue weighted by Crippen LogP contribution is 2.33. The molecule has 0 aliphatic carbocycles. The van der Waals surface area contributed by atoms with Crippen LogP contribution in [0.1, 0.15) is 18.4 Å². The molecule has 1 aromatic rings. The van der Waals surface area contributed by atoms with E-state index in [9.17, 15) is 17.6 Å². The van der Waals surface area contributed by atoms with Crippen molar-refractivity contribution in [3.05, 3.63) is 29.6 Å². The van der Waals surface area contributed by atoms with Crippen molar-refractivity contribution in [3.8, 4) is 0 Å². The predicted octanol–water partition coefficient (Wildman–Crippen LogP) is 3.18. The Balaban J connectivity index is 2.03. The molecule has 0 saturated carbocycles. The zero-order chi connectivity index (χ0) is 14.0. The molecule has 0 spiro atoms. The van der Waals surface area contributed by atoms with Gasteiger partial charge in [-0.3, -0.25) is 4.90 Å². The van der Waals surface area contributed by atoms with Crippen LogP contribution in [-0.2, 0) is 6.54 Å². The van der Waals surface area contributed by atoms with E-state index in [-0.39, 0.29) is 18.7 Å². The van der Waals surface area contributed by atoms with Gasteiger partial charge in [-0.1, -0.05) is 6.07 Å². The molecule has 19 heavy (non-hydrogen) atoms. The van der Waals surface area contributed by atoms with E-state index in [2.05, 4.69) is 0 Å². The number of nitrogen functional groups attached to an aromatic ring is 1. The van der Waals surface area contributed by atoms with E-state index in [1.54, 1.807) is 4.90 Å². The molecule has 1 atom stereocenters. The van der Waals surface area contributed by atoms with Crippen molar-refractivity contribution in [1.82, 2.24) is 4.90 Å². The van der Waals surface area contributed by atoms with E-state index in [0.717, 1.165) is 0 Å². The van der Waals surface area contributed by atoms with E-state index in [1.807, 2.05) is 0 Å². The summed E-state index contributed by atoms with van der Waals surface area (Å²) in [5.74, 6) is -1.71. The van der Waals surface area contributed by atoms with Crippen LogP contribution < -0.4 is 5.73 Å². The van der Waals surface area contributed by atoms with Gasteiger partial charge < -0.3 is 5.73 Å². The van der Waals surface area contributed by atoms with E-state index in [4.69, 9.17) is 5.73 Å². The zero-order valence-corrected chi connectivity index (χ0v) is 10.4. The van der Waals surface area contributed by atoms with Crippen LogP contribution in [0.5, 0.6) is 0 Å². The first-order chi connectivity index (χ1) is 8.86. The Morgan fingerprint density at radius 3 is 2.68 bits per heavy atom. The standard InChI is InChI=1S/C13H16F4N2/c14-11-4-3-9(12(18)6-11)7-19-5-1-2-10(8-19)13(15,16)17/h3-4,6,10H,1-2,5,7-8,18H2. The van der Waals surface area contributed by atoms with Crippen molar-refractivity contribution in [3.63, 3.8) is 0 Å². The monoisotopic (exact) mass is 276 g/mol. The molecule has 1 heterocycles. The van der Waals surface area contributed by atoms with Crippen LogP contribution in [0.3, 0.4) is 0 Å². The molecule has 1 fully saturated rings. The van der Waals surface area contributed by atoms with Crippen molar-refractivity contribution >= 4 is 5.69 Å². The number of hydrogen-bond donors (Lipinski definition) is 1. The maximum absolute atomic E-state index is 12.9. The summed E-state index contributed by atoms with van der Waals surface area (Å²) in [7, 11) is 0. The molecule has 1 aromatic carbocycles. The zero-order valence-electron chi connectivity index (χ0n) is 10.4. The number of piperidine rings is 1. The largest absolute Gasteiger partial charge is 0.398 e. The second-order valence-electron chi connectivity index (χ2n) is 4.96. The number of likely N-dealkylation sites (tertiary alicyclic amines) is 1. The molecule has 0 aromatic heterocycles. The number of halogens is 4. The fraction of sp³-hybridized carbons (Fsp3) is 0.538. The number of hydrogen-bond acceptors (Lipinski definition) is 2. The predicted molar refractivity (Wildman–Crippen MR) is 64.9 cm³/mol. The summed E-state index contributed by atoms with van der Waals surface area (Å²) in [5.41, 5.74) is 6.63. The van der Waals surface area contributed by atoms with Gasteiger partial charge in [0.15, 0.2) is 0 Å². The highest BCUT2D eigenvalue weighted by atomic mass is 19.4. The Labute approximate surface area is 109 Å². The fourth-order valence-corrected chi connectivity index (χ4v) is 2.42. The third-order valence-corrected chi connectivity index (χ3v) is 3.47. The summed E-state index contributed by atoms with van der Waals surface area (Å²) in [6, 6.07) is 4.00. The van der Waals surface area contributed by atoms with Crippen LogP contribution in [0.4, 0.5) is 23.2 Å². The maximum Gasteiger partial charge on any atom is 0.393 e. The number of nitrogens with two attached hydrogens (primary N) is 1. The topological polar surface area (TPSA) is 29.3 Å². The van der Waals surface area contributed by atoms with Crippen molar-refractivity contribution in [2.45, 2.75) is 25.6 Å². The highest BCUT2D eigenvalue weighted by Gasteiger charge is 2.41. The average molecular weight is 276 g/mol. The Morgan fingerprint density at radius 1 is 1.32 bits per heavy atom. The van der Waals surface area contributed by atoms with Crippen LogP contribution in [-0.4, -0.2) is 24.2 Å². The summed E-state index contributed by atoms with van der Waals surface area (Å²) < 4.78 is 51.0. The maximum atomic E-state index is 12.9. The first-order valence-electron chi connectivity index (χ1n) is 6.19. The molecular formula is C13H16F4N2. The second-order valence-corrected chi connectivity index (χ2v) is 4.96. The van der Waals surface area contributed by atoms with Gasteiger partial charge in [-0.2, -0.15) is 13.2 Å². The Bertz CT molecular complexity index is 445. The summed E-state index contributed by atoms with van der Waals surface area (Å²) in [5, 5.41) is 0. The van der Waals surface area contributed by atoms with E-state index in [1.165, 1.54) is 18.2 Å². The summed E-state index contributed by atoms with van der Waals surface area (Å²) in [6.45, 7) is 0.933. The molecule has 2 rings (SSSR count). The first-order valence-corrected chi connectivity index (χ1v) is 6.19. The van der Waals surface area contributed by atoms with E-state index in [0.29, 0.717) is 25.1 Å². The average Bonchev–Trinajstić information content (AvgIpc) is 2.32. The van der Waals surface area contributed by atoms with Gasteiger partial charge in [-0.15, -0.1) is 0 Å². The third kappa shape index (κ3) is 3.59. The highest BCUT2D eigenvalue weighted by molar-refractivity contribution is 5.46. The molecule has 1 saturated heterocycles. The van der Waals surface area contributed by atoms with E-state index < -0.39 is 17.9 Å². The minimum Gasteiger partial charge on any atom is -0.398 e. The number of anilines is 1. The van der Waals surface area contributed by atoms with Gasteiger partial charge in [-0.05, 0) is 37.1 Å². The summed E-state index contributed by atoms with van der Waals surface area (Å²) in [6.07, 6.45) is -3.45. The van der Waals surface area contributed by atoms with Crippen molar-refractivity contribution < 1.29 is 17.6 Å². The van der Waals surface area contributed by atoms with Gasteiger partial charge in [-0.25, -0.2) is 4.39 Å². The summed E-state index contributed by atoms with van der Waals surface area (Å²) >= 11 is 0. The lowest BCUT2D eigenvalue weighted by Crippen LogP contribution is -2.41. The lowest BCUT2D eigenvalue weighted by molar-refractivity contribution is -0.187. The number of benzene rings is 1. The van der Waals surface area contributed by atoms with E-state index >= 15 is 0 Å². The molecule has 2 nitrogen and oxygen atoms in total. The Hall–Kier alpha value is -1.30. The van der Waals surface area contributed by atoms with Crippen LogP contribution in [0.15, 0.2) is 18.2 Å².